The van der Waals surface area contributed by atoms with E-state index in [9.17, 15) is 19.2 Å². The Morgan fingerprint density at radius 2 is 1.50 bits per heavy atom. The maximum absolute atomic E-state index is 13.8. The van der Waals surface area contributed by atoms with Crippen LogP contribution in [0.15, 0.2) is 42.5 Å². The van der Waals surface area contributed by atoms with Gasteiger partial charge in [0.05, 0.1) is 33.6 Å². The number of nitrogens with one attached hydrogen (secondary N) is 1. The van der Waals surface area contributed by atoms with Crippen LogP contribution in [-0.4, -0.2) is 104 Å². The maximum atomic E-state index is 13.8. The molecule has 1 saturated heterocycles. The van der Waals surface area contributed by atoms with Gasteiger partial charge in [0.15, 0.2) is 11.5 Å². The van der Waals surface area contributed by atoms with E-state index in [0.717, 1.165) is 11.1 Å². The van der Waals surface area contributed by atoms with Crippen molar-refractivity contribution < 1.29 is 33.4 Å². The number of anilines is 1. The van der Waals surface area contributed by atoms with E-state index in [1.54, 1.807) is 68.1 Å². The first-order chi connectivity index (χ1) is 20.9. The number of nitrogens with zero attached hydrogens (tertiary/aromatic N) is 3. The molecule has 12 nitrogen and oxygen atoms in total. The lowest BCUT2D eigenvalue weighted by atomic mass is 10.1. The smallest absolute Gasteiger partial charge is 0.308 e. The molecule has 1 aliphatic heterocycles. The van der Waals surface area contributed by atoms with E-state index in [1.807, 2.05) is 0 Å². The van der Waals surface area contributed by atoms with Gasteiger partial charge in [-0.25, -0.2) is 0 Å². The monoisotopic (exact) mass is 611 g/mol. The number of piperazine rings is 1. The van der Waals surface area contributed by atoms with Gasteiger partial charge in [-0.1, -0.05) is 18.2 Å². The van der Waals surface area contributed by atoms with Gasteiger partial charge in [0.25, 0.3) is 0 Å². The molecule has 240 valence electrons. The zero-order valence-electron chi connectivity index (χ0n) is 26.4. The number of nitrogens with two attached hydrogens (primary N) is 1. The Bertz CT molecular complexity index is 1290. The number of ether oxygens (including phenoxy) is 3. The minimum Gasteiger partial charge on any atom is -0.493 e. The van der Waals surface area contributed by atoms with Crippen molar-refractivity contribution in [2.75, 3.05) is 65.8 Å². The Morgan fingerprint density at radius 1 is 0.864 bits per heavy atom. The molecular formula is C32H45N5O7. The molecule has 0 atom stereocenters. The Hall–Kier alpha value is -4.32. The molecule has 3 amide bonds. The molecule has 0 radical (unpaired) electrons. The lowest BCUT2D eigenvalue weighted by molar-refractivity contribution is -0.156. The van der Waals surface area contributed by atoms with Crippen molar-refractivity contribution in [3.05, 3.63) is 53.6 Å². The fraction of sp³-hybridized carbons (Fsp3) is 0.500. The molecule has 1 fully saturated rings. The zero-order valence-corrected chi connectivity index (χ0v) is 26.4. The first-order valence-corrected chi connectivity index (χ1v) is 14.7. The van der Waals surface area contributed by atoms with Gasteiger partial charge in [-0.3, -0.25) is 19.2 Å². The van der Waals surface area contributed by atoms with Crippen molar-refractivity contribution in [1.29, 1.82) is 0 Å². The predicted octanol–water partition coefficient (Wildman–Crippen LogP) is 1.85. The van der Waals surface area contributed by atoms with Crippen LogP contribution >= 0.6 is 0 Å². The number of carbonyl (C=O) groups is 4. The molecular weight excluding hydrogens is 566 g/mol. The van der Waals surface area contributed by atoms with Crippen LogP contribution in [0.2, 0.25) is 0 Å². The quantitative estimate of drug-likeness (QED) is 0.256. The van der Waals surface area contributed by atoms with Crippen LogP contribution < -0.4 is 20.5 Å². The van der Waals surface area contributed by atoms with Gasteiger partial charge in [0.1, 0.15) is 12.1 Å². The number of carbonyl (C=O) groups excluding carboxylic acids is 4. The highest BCUT2D eigenvalue weighted by atomic mass is 16.6. The summed E-state index contributed by atoms with van der Waals surface area (Å²) in [6, 6.07) is 12.2. The van der Waals surface area contributed by atoms with E-state index in [1.165, 1.54) is 24.0 Å². The second kappa shape index (κ2) is 15.9. The minimum atomic E-state index is -0.687. The van der Waals surface area contributed by atoms with E-state index < -0.39 is 17.5 Å². The summed E-state index contributed by atoms with van der Waals surface area (Å²) >= 11 is 0. The molecule has 0 aromatic heterocycles. The molecule has 3 rings (SSSR count). The number of amides is 3. The number of benzene rings is 2. The van der Waals surface area contributed by atoms with Crippen LogP contribution in [0.5, 0.6) is 11.5 Å². The van der Waals surface area contributed by atoms with E-state index in [0.29, 0.717) is 43.4 Å². The van der Waals surface area contributed by atoms with Crippen molar-refractivity contribution >= 4 is 29.4 Å². The molecule has 2 aromatic rings. The van der Waals surface area contributed by atoms with E-state index >= 15 is 0 Å². The van der Waals surface area contributed by atoms with Crippen LogP contribution in [0.25, 0.3) is 0 Å². The molecule has 0 bridgehead atoms. The highest BCUT2D eigenvalue weighted by Gasteiger charge is 2.27. The summed E-state index contributed by atoms with van der Waals surface area (Å²) in [5.74, 6) is -0.425. The van der Waals surface area contributed by atoms with E-state index in [2.05, 4.69) is 5.32 Å². The number of methoxy groups -OCH3 is 2. The summed E-state index contributed by atoms with van der Waals surface area (Å²) in [6.45, 7) is 7.24. The maximum Gasteiger partial charge on any atom is 0.308 e. The van der Waals surface area contributed by atoms with E-state index in [4.69, 9.17) is 19.9 Å². The molecule has 0 saturated carbocycles. The molecule has 0 spiro atoms. The third kappa shape index (κ3) is 10.7. The van der Waals surface area contributed by atoms with Gasteiger partial charge >= 0.3 is 5.97 Å². The van der Waals surface area contributed by atoms with Crippen LogP contribution in [0, 0.1) is 0 Å². The average molecular weight is 612 g/mol. The predicted molar refractivity (Wildman–Crippen MR) is 166 cm³/mol. The Morgan fingerprint density at radius 3 is 2.11 bits per heavy atom. The molecule has 0 unspecified atom stereocenters. The van der Waals surface area contributed by atoms with Crippen LogP contribution in [0.3, 0.4) is 0 Å². The number of rotatable bonds is 13. The third-order valence-corrected chi connectivity index (χ3v) is 6.99. The first kappa shape index (κ1) is 34.2. The second-order valence-corrected chi connectivity index (χ2v) is 11.6. The Balaban J connectivity index is 1.84. The Kier molecular flexibility index (Phi) is 12.4. The van der Waals surface area contributed by atoms with Crippen LogP contribution in [0.1, 0.15) is 38.3 Å². The summed E-state index contributed by atoms with van der Waals surface area (Å²) in [6.07, 6.45) is -0.0502. The SMILES string of the molecule is COc1ccc(CN(CC(=O)N(CCC(=O)OC(C)(C)C)CC(=O)N2CCNCC2)C(=O)Cc2ccc(N)cc2)cc1OC. The lowest BCUT2D eigenvalue weighted by Crippen LogP contribution is -2.52. The van der Waals surface area contributed by atoms with Crippen molar-refractivity contribution in [2.24, 2.45) is 0 Å². The first-order valence-electron chi connectivity index (χ1n) is 14.7. The van der Waals surface area contributed by atoms with Gasteiger partial charge in [0, 0.05) is 45.0 Å². The summed E-state index contributed by atoms with van der Waals surface area (Å²) in [5.41, 5.74) is 7.16. The van der Waals surface area contributed by atoms with Crippen LogP contribution in [0.4, 0.5) is 5.69 Å². The second-order valence-electron chi connectivity index (χ2n) is 11.6. The average Bonchev–Trinajstić information content (AvgIpc) is 2.99. The van der Waals surface area contributed by atoms with Crippen molar-refractivity contribution in [2.45, 2.75) is 45.8 Å². The zero-order chi connectivity index (χ0) is 32.3. The van der Waals surface area contributed by atoms with E-state index in [-0.39, 0.29) is 50.8 Å². The number of hydrogen-bond acceptors (Lipinski definition) is 9. The molecule has 1 aliphatic rings. The van der Waals surface area contributed by atoms with Crippen molar-refractivity contribution in [3.63, 3.8) is 0 Å². The number of hydrogen-bond donors (Lipinski definition) is 2. The molecule has 44 heavy (non-hydrogen) atoms. The van der Waals surface area contributed by atoms with Gasteiger partial charge in [-0.15, -0.1) is 0 Å². The topological polar surface area (TPSA) is 144 Å². The highest BCUT2D eigenvalue weighted by molar-refractivity contribution is 5.89. The molecule has 2 aromatic carbocycles. The normalized spacial score (nSPS) is 13.2. The summed E-state index contributed by atoms with van der Waals surface area (Å²) in [5, 5.41) is 3.20. The lowest BCUT2D eigenvalue weighted by Gasteiger charge is -2.32. The third-order valence-electron chi connectivity index (χ3n) is 6.99. The minimum absolute atomic E-state index is 0.0259. The molecule has 0 aliphatic carbocycles. The fourth-order valence-electron chi connectivity index (χ4n) is 4.71. The van der Waals surface area contributed by atoms with Gasteiger partial charge in [-0.05, 0) is 56.2 Å². The summed E-state index contributed by atoms with van der Waals surface area (Å²) in [4.78, 5) is 57.6. The number of nitrogen functional groups attached to an aromatic ring is 1. The standard InChI is InChI=1S/C32H45N5O7/c1-32(2,3)44-31(41)12-15-36(21-29(39)35-16-13-34-14-17-35)30(40)22-37(28(38)19-23-6-9-25(33)10-7-23)20-24-8-11-26(42-4)27(18-24)43-5/h6-11,18,34H,12-17,19-22,33H2,1-5H3. The summed E-state index contributed by atoms with van der Waals surface area (Å²) in [7, 11) is 3.05. The largest absolute Gasteiger partial charge is 0.493 e. The van der Waals surface area contributed by atoms with Crippen LogP contribution in [-0.2, 0) is 36.9 Å². The van der Waals surface area contributed by atoms with Gasteiger partial charge in [0.2, 0.25) is 17.7 Å². The molecule has 12 heteroatoms. The van der Waals surface area contributed by atoms with Gasteiger partial charge < -0.3 is 40.0 Å². The summed E-state index contributed by atoms with van der Waals surface area (Å²) < 4.78 is 16.2. The fourth-order valence-corrected chi connectivity index (χ4v) is 4.71. The molecule has 3 N–H and O–H groups in total. The van der Waals surface area contributed by atoms with Crippen molar-refractivity contribution in [1.82, 2.24) is 20.0 Å². The van der Waals surface area contributed by atoms with Crippen molar-refractivity contribution in [3.8, 4) is 11.5 Å². The number of esters is 1. The molecule has 1 heterocycles. The highest BCUT2D eigenvalue weighted by Crippen LogP contribution is 2.28. The Labute approximate surface area is 259 Å². The van der Waals surface area contributed by atoms with Gasteiger partial charge in [-0.2, -0.15) is 0 Å².